The lowest BCUT2D eigenvalue weighted by molar-refractivity contribution is -0.0439. The highest BCUT2D eigenvalue weighted by Gasteiger charge is 2.40. The smallest absolute Gasteiger partial charge is 0.253 e. The van der Waals surface area contributed by atoms with Gasteiger partial charge in [0.2, 0.25) is 0 Å². The predicted octanol–water partition coefficient (Wildman–Crippen LogP) is 2.14. The molecule has 0 radical (unpaired) electrons. The van der Waals surface area contributed by atoms with Crippen molar-refractivity contribution in [3.63, 3.8) is 0 Å². The molecule has 0 atom stereocenters. The van der Waals surface area contributed by atoms with E-state index in [1.165, 1.54) is 12.1 Å². The molecule has 0 spiro atoms. The molecule has 1 aromatic heterocycles. The minimum atomic E-state index is -0.333. The lowest BCUT2D eigenvalue weighted by Crippen LogP contribution is -2.62. The highest BCUT2D eigenvalue weighted by atomic mass is 19.1. The number of morpholine rings is 1. The van der Waals surface area contributed by atoms with E-state index in [9.17, 15) is 9.18 Å². The van der Waals surface area contributed by atoms with Crippen molar-refractivity contribution >= 4 is 16.8 Å². The van der Waals surface area contributed by atoms with Gasteiger partial charge in [-0.3, -0.25) is 9.69 Å². The van der Waals surface area contributed by atoms with Gasteiger partial charge in [-0.05, 0) is 58.1 Å². The van der Waals surface area contributed by atoms with Crippen molar-refractivity contribution in [2.24, 2.45) is 0 Å². The number of H-pyrrole nitrogens is 1. The summed E-state index contributed by atoms with van der Waals surface area (Å²) in [6.07, 6.45) is 2.04. The lowest BCUT2D eigenvalue weighted by Gasteiger charge is -2.49. The molecule has 2 fully saturated rings. The standard InChI is InChI=1S/C21H29FN4O2/c1-15-19(17-13-16(22)3-4-18(17)24-15)20(27)23-14-21(5-7-25(2)8-6-21)26-9-11-28-12-10-26/h3-4,13,24H,5-12,14H2,1-2H3,(H,23,27). The largest absolute Gasteiger partial charge is 0.379 e. The number of amides is 1. The Bertz CT molecular complexity index is 851. The maximum Gasteiger partial charge on any atom is 0.253 e. The van der Waals surface area contributed by atoms with E-state index in [1.807, 2.05) is 6.92 Å². The fourth-order valence-electron chi connectivity index (χ4n) is 4.60. The van der Waals surface area contributed by atoms with Crippen molar-refractivity contribution in [2.75, 3.05) is 53.0 Å². The van der Waals surface area contributed by atoms with E-state index >= 15 is 0 Å². The highest BCUT2D eigenvalue weighted by Crippen LogP contribution is 2.30. The van der Waals surface area contributed by atoms with Gasteiger partial charge in [0.15, 0.2) is 0 Å². The highest BCUT2D eigenvalue weighted by molar-refractivity contribution is 6.08. The van der Waals surface area contributed by atoms with Gasteiger partial charge in [-0.25, -0.2) is 4.39 Å². The van der Waals surface area contributed by atoms with Gasteiger partial charge in [0.05, 0.1) is 18.8 Å². The molecule has 0 aliphatic carbocycles. The van der Waals surface area contributed by atoms with Gasteiger partial charge in [0.1, 0.15) is 5.82 Å². The van der Waals surface area contributed by atoms with Crippen molar-refractivity contribution in [1.82, 2.24) is 20.1 Å². The maximum absolute atomic E-state index is 13.7. The first-order valence-corrected chi connectivity index (χ1v) is 10.1. The minimum absolute atomic E-state index is 0.0444. The van der Waals surface area contributed by atoms with E-state index in [0.29, 0.717) is 17.5 Å². The summed E-state index contributed by atoms with van der Waals surface area (Å²) in [7, 11) is 2.14. The Kier molecular flexibility index (Phi) is 5.40. The molecule has 2 aliphatic heterocycles. The normalized spacial score (nSPS) is 21.1. The molecule has 0 unspecified atom stereocenters. The summed E-state index contributed by atoms with van der Waals surface area (Å²) >= 11 is 0. The van der Waals surface area contributed by atoms with Crippen LogP contribution in [-0.4, -0.2) is 79.2 Å². The molecule has 28 heavy (non-hydrogen) atoms. The van der Waals surface area contributed by atoms with Crippen LogP contribution in [0.3, 0.4) is 0 Å². The number of fused-ring (bicyclic) bond motifs is 1. The molecule has 3 heterocycles. The second-order valence-electron chi connectivity index (χ2n) is 8.12. The van der Waals surface area contributed by atoms with Crippen LogP contribution in [0.25, 0.3) is 10.9 Å². The third-order valence-corrected chi connectivity index (χ3v) is 6.35. The Hall–Kier alpha value is -1.96. The fourth-order valence-corrected chi connectivity index (χ4v) is 4.60. The maximum atomic E-state index is 13.7. The molecule has 2 saturated heterocycles. The molecule has 1 amide bonds. The number of aromatic amines is 1. The third kappa shape index (κ3) is 3.66. The molecule has 1 aromatic carbocycles. The van der Waals surface area contributed by atoms with Crippen molar-refractivity contribution < 1.29 is 13.9 Å². The zero-order chi connectivity index (χ0) is 19.7. The van der Waals surface area contributed by atoms with Crippen LogP contribution >= 0.6 is 0 Å². The van der Waals surface area contributed by atoms with Crippen molar-refractivity contribution in [3.05, 3.63) is 35.3 Å². The first-order chi connectivity index (χ1) is 13.5. The van der Waals surface area contributed by atoms with Crippen LogP contribution in [0.4, 0.5) is 4.39 Å². The van der Waals surface area contributed by atoms with Crippen LogP contribution in [0.2, 0.25) is 0 Å². The number of halogens is 1. The molecular weight excluding hydrogens is 359 g/mol. The molecule has 2 aromatic rings. The Morgan fingerprint density at radius 3 is 2.68 bits per heavy atom. The summed E-state index contributed by atoms with van der Waals surface area (Å²) < 4.78 is 19.3. The summed E-state index contributed by atoms with van der Waals surface area (Å²) in [5.74, 6) is -0.471. The molecule has 6 nitrogen and oxygen atoms in total. The van der Waals surface area contributed by atoms with Gasteiger partial charge in [-0.2, -0.15) is 0 Å². The Labute approximate surface area is 165 Å². The molecule has 152 valence electrons. The number of benzene rings is 1. The first-order valence-electron chi connectivity index (χ1n) is 10.1. The number of piperidine rings is 1. The average molecular weight is 388 g/mol. The predicted molar refractivity (Wildman–Crippen MR) is 107 cm³/mol. The van der Waals surface area contributed by atoms with Gasteiger partial charge in [-0.15, -0.1) is 0 Å². The summed E-state index contributed by atoms with van der Waals surface area (Å²) in [5, 5.41) is 3.82. The SMILES string of the molecule is Cc1[nH]c2ccc(F)cc2c1C(=O)NCC1(N2CCOCC2)CCN(C)CC1. The van der Waals surface area contributed by atoms with Gasteiger partial charge in [0, 0.05) is 41.8 Å². The Balaban J connectivity index is 1.55. The van der Waals surface area contributed by atoms with Crippen LogP contribution in [0.15, 0.2) is 18.2 Å². The summed E-state index contributed by atoms with van der Waals surface area (Å²) in [5.41, 5.74) is 2.05. The van der Waals surface area contributed by atoms with Crippen LogP contribution < -0.4 is 5.32 Å². The molecule has 0 bridgehead atoms. The third-order valence-electron chi connectivity index (χ3n) is 6.35. The molecule has 2 N–H and O–H groups in total. The Morgan fingerprint density at radius 2 is 1.96 bits per heavy atom. The number of carbonyl (C=O) groups is 1. The van der Waals surface area contributed by atoms with Gasteiger partial charge in [0.25, 0.3) is 5.91 Å². The first kappa shape index (κ1) is 19.4. The van der Waals surface area contributed by atoms with Crippen LogP contribution in [0.1, 0.15) is 28.9 Å². The van der Waals surface area contributed by atoms with E-state index in [4.69, 9.17) is 4.74 Å². The fraction of sp³-hybridized carbons (Fsp3) is 0.571. The van der Waals surface area contributed by atoms with Crippen LogP contribution in [0.5, 0.6) is 0 Å². The van der Waals surface area contributed by atoms with E-state index in [-0.39, 0.29) is 17.3 Å². The zero-order valence-corrected chi connectivity index (χ0v) is 16.7. The molecule has 2 aliphatic rings. The number of aromatic nitrogens is 1. The molecule has 4 rings (SSSR count). The van der Waals surface area contributed by atoms with E-state index < -0.39 is 0 Å². The number of hydrogen-bond donors (Lipinski definition) is 2. The summed E-state index contributed by atoms with van der Waals surface area (Å²) in [6.45, 7) is 7.78. The number of carbonyl (C=O) groups excluding carboxylic acids is 1. The second kappa shape index (κ2) is 7.81. The van der Waals surface area contributed by atoms with E-state index in [2.05, 4.69) is 27.1 Å². The zero-order valence-electron chi connectivity index (χ0n) is 16.7. The number of ether oxygens (including phenoxy) is 1. The monoisotopic (exact) mass is 388 g/mol. The van der Waals surface area contributed by atoms with Crippen molar-refractivity contribution in [2.45, 2.75) is 25.3 Å². The quantitative estimate of drug-likeness (QED) is 0.843. The Morgan fingerprint density at radius 1 is 1.25 bits per heavy atom. The van der Waals surface area contributed by atoms with Gasteiger partial charge >= 0.3 is 0 Å². The number of rotatable bonds is 4. The summed E-state index contributed by atoms with van der Waals surface area (Å²) in [6, 6.07) is 4.52. The summed E-state index contributed by atoms with van der Waals surface area (Å²) in [4.78, 5) is 21.1. The lowest BCUT2D eigenvalue weighted by atomic mass is 9.85. The van der Waals surface area contributed by atoms with E-state index in [1.54, 1.807) is 6.07 Å². The van der Waals surface area contributed by atoms with E-state index in [0.717, 1.165) is 63.4 Å². The minimum Gasteiger partial charge on any atom is -0.379 e. The average Bonchev–Trinajstić information content (AvgIpc) is 3.03. The van der Waals surface area contributed by atoms with Crippen molar-refractivity contribution in [3.8, 4) is 0 Å². The number of aryl methyl sites for hydroxylation is 1. The van der Waals surface area contributed by atoms with Crippen molar-refractivity contribution in [1.29, 1.82) is 0 Å². The second-order valence-corrected chi connectivity index (χ2v) is 8.12. The number of likely N-dealkylation sites (tertiary alicyclic amines) is 1. The van der Waals surface area contributed by atoms with Gasteiger partial charge < -0.3 is 19.9 Å². The number of nitrogens with one attached hydrogen (secondary N) is 2. The molecule has 0 saturated carbocycles. The van der Waals surface area contributed by atoms with Crippen LogP contribution in [-0.2, 0) is 4.74 Å². The van der Waals surface area contributed by atoms with Gasteiger partial charge in [-0.1, -0.05) is 0 Å². The topological polar surface area (TPSA) is 60.6 Å². The molecular formula is C21H29FN4O2. The molecule has 7 heteroatoms. The van der Waals surface area contributed by atoms with Crippen LogP contribution in [0, 0.1) is 12.7 Å². The number of hydrogen-bond acceptors (Lipinski definition) is 4. The number of nitrogens with zero attached hydrogens (tertiary/aromatic N) is 2.